The minimum atomic E-state index is -4.53. The summed E-state index contributed by atoms with van der Waals surface area (Å²) in [6, 6.07) is 4.69. The molecular weight excluding hydrogens is 343 g/mol. The van der Waals surface area contributed by atoms with Crippen LogP contribution in [0.1, 0.15) is 30.4 Å². The largest absolute Gasteiger partial charge is 0.418 e. The molecular formula is C15H18F3N3O2S. The van der Waals surface area contributed by atoms with Gasteiger partial charge in [-0.1, -0.05) is 6.42 Å². The van der Waals surface area contributed by atoms with E-state index in [4.69, 9.17) is 5.26 Å². The first kappa shape index (κ1) is 18.5. The van der Waals surface area contributed by atoms with Gasteiger partial charge < -0.3 is 5.32 Å². The van der Waals surface area contributed by atoms with Gasteiger partial charge in [0.05, 0.1) is 23.5 Å². The van der Waals surface area contributed by atoms with Gasteiger partial charge in [0.15, 0.2) is 0 Å². The molecule has 0 aliphatic heterocycles. The van der Waals surface area contributed by atoms with Gasteiger partial charge in [-0.05, 0) is 37.0 Å². The number of nitriles is 1. The summed E-state index contributed by atoms with van der Waals surface area (Å²) >= 11 is 0. The average molecular weight is 361 g/mol. The van der Waals surface area contributed by atoms with Crippen molar-refractivity contribution in [3.05, 3.63) is 29.3 Å². The maximum absolute atomic E-state index is 13.1. The van der Waals surface area contributed by atoms with Gasteiger partial charge in [-0.25, -0.2) is 13.1 Å². The van der Waals surface area contributed by atoms with Crippen LogP contribution < -0.4 is 10.0 Å². The fourth-order valence-electron chi connectivity index (χ4n) is 2.96. The van der Waals surface area contributed by atoms with Crippen LogP contribution in [-0.2, 0) is 16.2 Å². The summed E-state index contributed by atoms with van der Waals surface area (Å²) in [6.07, 6.45) is -1.28. The van der Waals surface area contributed by atoms with E-state index in [0.717, 1.165) is 37.3 Å². The number of hydrogen-bond donors (Lipinski definition) is 2. The quantitative estimate of drug-likeness (QED) is 0.845. The van der Waals surface area contributed by atoms with Crippen molar-refractivity contribution in [2.45, 2.75) is 31.5 Å². The van der Waals surface area contributed by atoms with Gasteiger partial charge in [0.25, 0.3) is 0 Å². The van der Waals surface area contributed by atoms with E-state index in [0.29, 0.717) is 6.42 Å². The molecule has 24 heavy (non-hydrogen) atoms. The molecule has 0 saturated heterocycles. The summed E-state index contributed by atoms with van der Waals surface area (Å²) in [7, 11) is -3.37. The van der Waals surface area contributed by atoms with E-state index in [1.54, 1.807) is 0 Å². The number of rotatable bonds is 5. The van der Waals surface area contributed by atoms with E-state index >= 15 is 0 Å². The number of nitrogens with zero attached hydrogens (tertiary/aromatic N) is 1. The lowest BCUT2D eigenvalue weighted by molar-refractivity contribution is -0.137. The molecule has 2 rings (SSSR count). The topological polar surface area (TPSA) is 82.0 Å². The van der Waals surface area contributed by atoms with Crippen LogP contribution in [0.3, 0.4) is 0 Å². The van der Waals surface area contributed by atoms with Crippen LogP contribution in [0.2, 0.25) is 0 Å². The lowest BCUT2D eigenvalue weighted by Gasteiger charge is -2.22. The maximum atomic E-state index is 13.1. The van der Waals surface area contributed by atoms with Crippen molar-refractivity contribution in [2.75, 3.05) is 18.1 Å². The number of hydrogen-bond acceptors (Lipinski definition) is 4. The number of anilines is 1. The summed E-state index contributed by atoms with van der Waals surface area (Å²) in [5.41, 5.74) is -0.874. The Morgan fingerprint density at radius 3 is 2.62 bits per heavy atom. The second kappa shape index (κ2) is 6.99. The van der Waals surface area contributed by atoms with Crippen LogP contribution in [0, 0.1) is 17.2 Å². The van der Waals surface area contributed by atoms with E-state index in [-0.39, 0.29) is 29.8 Å². The fraction of sp³-hybridized carbons (Fsp3) is 0.533. The van der Waals surface area contributed by atoms with E-state index in [2.05, 4.69) is 10.0 Å². The van der Waals surface area contributed by atoms with Gasteiger partial charge in [-0.3, -0.25) is 0 Å². The molecule has 2 unspecified atom stereocenters. The minimum absolute atomic E-state index is 0.105. The standard InChI is InChI=1S/C15H18F3N3O2S/c1-24(22,23)21-13-4-2-3-11(13)9-20-14-7-10(8-19)5-6-12(14)15(16,17)18/h5-7,11,13,20-21H,2-4,9H2,1H3. The first-order chi connectivity index (χ1) is 11.1. The predicted molar refractivity (Wildman–Crippen MR) is 83.8 cm³/mol. The third kappa shape index (κ3) is 4.85. The zero-order chi connectivity index (χ0) is 18.0. The summed E-state index contributed by atoms with van der Waals surface area (Å²) < 4.78 is 64.5. The van der Waals surface area contributed by atoms with Crippen LogP contribution in [0.4, 0.5) is 18.9 Å². The molecule has 2 atom stereocenters. The Balaban J connectivity index is 2.15. The smallest absolute Gasteiger partial charge is 0.384 e. The highest BCUT2D eigenvalue weighted by Crippen LogP contribution is 2.36. The summed E-state index contributed by atoms with van der Waals surface area (Å²) in [5.74, 6) is -0.105. The van der Waals surface area contributed by atoms with Gasteiger partial charge in [-0.15, -0.1) is 0 Å². The molecule has 0 amide bonds. The number of nitrogens with one attached hydrogen (secondary N) is 2. The van der Waals surface area contributed by atoms with Crippen LogP contribution in [-0.4, -0.2) is 27.3 Å². The molecule has 1 fully saturated rings. The Kier molecular flexibility index (Phi) is 5.40. The molecule has 0 heterocycles. The molecule has 1 aliphatic carbocycles. The van der Waals surface area contributed by atoms with Crippen LogP contribution >= 0.6 is 0 Å². The molecule has 0 radical (unpaired) electrons. The summed E-state index contributed by atoms with van der Waals surface area (Å²) in [4.78, 5) is 0. The van der Waals surface area contributed by atoms with E-state index in [9.17, 15) is 21.6 Å². The SMILES string of the molecule is CS(=O)(=O)NC1CCCC1CNc1cc(C#N)ccc1C(F)(F)F. The molecule has 1 aromatic carbocycles. The second-order valence-corrected chi connectivity index (χ2v) is 7.72. The van der Waals surface area contributed by atoms with E-state index in [1.807, 2.05) is 6.07 Å². The molecule has 2 N–H and O–H groups in total. The van der Waals surface area contributed by atoms with Gasteiger partial charge in [0.2, 0.25) is 10.0 Å². The van der Waals surface area contributed by atoms with Gasteiger partial charge in [-0.2, -0.15) is 18.4 Å². The molecule has 132 valence electrons. The maximum Gasteiger partial charge on any atom is 0.418 e. The molecule has 0 bridgehead atoms. The average Bonchev–Trinajstić information content (AvgIpc) is 2.88. The molecule has 1 saturated carbocycles. The van der Waals surface area contributed by atoms with Crippen molar-refractivity contribution in [1.82, 2.24) is 4.72 Å². The predicted octanol–water partition coefficient (Wildman–Crippen LogP) is 2.71. The van der Waals surface area contributed by atoms with Crippen molar-refractivity contribution in [3.63, 3.8) is 0 Å². The van der Waals surface area contributed by atoms with Crippen molar-refractivity contribution in [2.24, 2.45) is 5.92 Å². The highest BCUT2D eigenvalue weighted by molar-refractivity contribution is 7.88. The van der Waals surface area contributed by atoms with Crippen LogP contribution in [0.5, 0.6) is 0 Å². The molecule has 5 nitrogen and oxygen atoms in total. The molecule has 0 spiro atoms. The molecule has 9 heteroatoms. The normalized spacial score (nSPS) is 21.5. The van der Waals surface area contributed by atoms with Gasteiger partial charge >= 0.3 is 6.18 Å². The molecule has 1 aromatic rings. The highest BCUT2D eigenvalue weighted by atomic mass is 32.2. The Labute approximate surface area is 138 Å². The summed E-state index contributed by atoms with van der Waals surface area (Å²) in [6.45, 7) is 0.200. The number of benzene rings is 1. The zero-order valence-corrected chi connectivity index (χ0v) is 13.8. The monoisotopic (exact) mass is 361 g/mol. The van der Waals surface area contributed by atoms with Gasteiger partial charge in [0, 0.05) is 18.3 Å². The summed E-state index contributed by atoms with van der Waals surface area (Å²) in [5, 5.41) is 11.6. The lowest BCUT2D eigenvalue weighted by atomic mass is 10.0. The number of alkyl halides is 3. The second-order valence-electron chi connectivity index (χ2n) is 5.94. The van der Waals surface area contributed by atoms with Crippen LogP contribution in [0.25, 0.3) is 0 Å². The van der Waals surface area contributed by atoms with Crippen molar-refractivity contribution in [3.8, 4) is 6.07 Å². The highest BCUT2D eigenvalue weighted by Gasteiger charge is 2.34. The Morgan fingerprint density at radius 2 is 2.04 bits per heavy atom. The third-order valence-corrected chi connectivity index (χ3v) is 4.76. The third-order valence-electron chi connectivity index (χ3n) is 4.03. The van der Waals surface area contributed by atoms with Crippen molar-refractivity contribution in [1.29, 1.82) is 5.26 Å². The van der Waals surface area contributed by atoms with E-state index < -0.39 is 21.8 Å². The van der Waals surface area contributed by atoms with E-state index in [1.165, 1.54) is 0 Å². The molecule has 0 aromatic heterocycles. The fourth-order valence-corrected chi connectivity index (χ4v) is 3.82. The Bertz CT molecular complexity index is 741. The number of sulfonamides is 1. The van der Waals surface area contributed by atoms with Crippen LogP contribution in [0.15, 0.2) is 18.2 Å². The Hall–Kier alpha value is -1.79. The Morgan fingerprint density at radius 1 is 1.33 bits per heavy atom. The minimum Gasteiger partial charge on any atom is -0.384 e. The zero-order valence-electron chi connectivity index (χ0n) is 13.0. The van der Waals surface area contributed by atoms with Crippen molar-refractivity contribution < 1.29 is 21.6 Å². The lowest BCUT2D eigenvalue weighted by Crippen LogP contribution is -2.39. The number of halogens is 3. The first-order valence-corrected chi connectivity index (χ1v) is 9.32. The first-order valence-electron chi connectivity index (χ1n) is 7.42. The van der Waals surface area contributed by atoms with Crippen molar-refractivity contribution >= 4 is 15.7 Å². The molecule has 1 aliphatic rings. The van der Waals surface area contributed by atoms with Gasteiger partial charge in [0.1, 0.15) is 0 Å².